The molecule has 136 valence electrons. The van der Waals surface area contributed by atoms with Crippen LogP contribution in [-0.4, -0.2) is 70.7 Å². The van der Waals surface area contributed by atoms with Crippen LogP contribution in [0, 0.1) is 0 Å². The molecule has 0 saturated carbocycles. The molecule has 4 heterocycles. The van der Waals surface area contributed by atoms with Crippen molar-refractivity contribution >= 4 is 22.3 Å². The van der Waals surface area contributed by atoms with Gasteiger partial charge in [-0.1, -0.05) is 0 Å². The first-order valence-electron chi connectivity index (χ1n) is 9.05. The fourth-order valence-corrected chi connectivity index (χ4v) is 4.39. The SMILES string of the molecule is O=C(NCc1cn2ccsc2n1)N1CCCCC1CN1CCOCC1. The number of hydrogen-bond acceptors (Lipinski definition) is 5. The molecule has 1 unspecified atom stereocenters. The highest BCUT2D eigenvalue weighted by Crippen LogP contribution is 2.19. The Bertz CT molecular complexity index is 680. The predicted molar refractivity (Wildman–Crippen MR) is 96.9 cm³/mol. The van der Waals surface area contributed by atoms with E-state index < -0.39 is 0 Å². The van der Waals surface area contributed by atoms with Crippen molar-refractivity contribution in [3.05, 3.63) is 23.5 Å². The smallest absolute Gasteiger partial charge is 0.318 e. The molecule has 2 fully saturated rings. The van der Waals surface area contributed by atoms with Crippen molar-refractivity contribution < 1.29 is 9.53 Å². The number of nitrogens with one attached hydrogen (secondary N) is 1. The second-order valence-electron chi connectivity index (χ2n) is 6.74. The number of aromatic nitrogens is 2. The first-order chi connectivity index (χ1) is 12.3. The van der Waals surface area contributed by atoms with Crippen LogP contribution in [0.15, 0.2) is 17.8 Å². The van der Waals surface area contributed by atoms with E-state index in [1.54, 1.807) is 11.3 Å². The number of carbonyl (C=O) groups excluding carboxylic acids is 1. The molecule has 4 rings (SSSR count). The zero-order valence-corrected chi connectivity index (χ0v) is 15.2. The Morgan fingerprint density at radius 3 is 3.04 bits per heavy atom. The molecule has 2 amide bonds. The van der Waals surface area contributed by atoms with Crippen LogP contribution >= 0.6 is 11.3 Å². The Balaban J connectivity index is 1.34. The van der Waals surface area contributed by atoms with Gasteiger partial charge in [-0.15, -0.1) is 11.3 Å². The van der Waals surface area contributed by atoms with E-state index in [9.17, 15) is 4.79 Å². The van der Waals surface area contributed by atoms with E-state index in [-0.39, 0.29) is 6.03 Å². The van der Waals surface area contributed by atoms with Gasteiger partial charge in [0.15, 0.2) is 4.96 Å². The zero-order chi connectivity index (χ0) is 17.1. The lowest BCUT2D eigenvalue weighted by molar-refractivity contribution is 0.0221. The summed E-state index contributed by atoms with van der Waals surface area (Å²) in [5.74, 6) is 0. The van der Waals surface area contributed by atoms with E-state index in [2.05, 4.69) is 15.2 Å². The van der Waals surface area contributed by atoms with Crippen molar-refractivity contribution in [2.24, 2.45) is 0 Å². The summed E-state index contributed by atoms with van der Waals surface area (Å²) in [5, 5.41) is 5.07. The number of ether oxygens (including phenoxy) is 1. The minimum absolute atomic E-state index is 0.0364. The number of carbonyl (C=O) groups is 1. The van der Waals surface area contributed by atoms with E-state index in [1.165, 1.54) is 6.42 Å². The van der Waals surface area contributed by atoms with E-state index in [4.69, 9.17) is 4.74 Å². The molecule has 25 heavy (non-hydrogen) atoms. The molecule has 1 N–H and O–H groups in total. The summed E-state index contributed by atoms with van der Waals surface area (Å²) in [7, 11) is 0. The highest BCUT2D eigenvalue weighted by molar-refractivity contribution is 7.15. The number of imidazole rings is 1. The Morgan fingerprint density at radius 2 is 2.20 bits per heavy atom. The molecular weight excluding hydrogens is 338 g/mol. The minimum Gasteiger partial charge on any atom is -0.379 e. The fourth-order valence-electron chi connectivity index (χ4n) is 3.67. The number of nitrogens with zero attached hydrogens (tertiary/aromatic N) is 4. The van der Waals surface area contributed by atoms with Crippen LogP contribution in [0.5, 0.6) is 0 Å². The number of hydrogen-bond donors (Lipinski definition) is 1. The van der Waals surface area contributed by atoms with E-state index in [1.807, 2.05) is 27.1 Å². The molecule has 2 aliphatic heterocycles. The van der Waals surface area contributed by atoms with Crippen LogP contribution in [-0.2, 0) is 11.3 Å². The molecule has 0 aromatic carbocycles. The zero-order valence-electron chi connectivity index (χ0n) is 14.4. The van der Waals surface area contributed by atoms with Crippen molar-refractivity contribution in [1.29, 1.82) is 0 Å². The molecule has 0 radical (unpaired) electrons. The van der Waals surface area contributed by atoms with E-state index in [0.717, 1.165) is 62.9 Å². The predicted octanol–water partition coefficient (Wildman–Crippen LogP) is 1.79. The van der Waals surface area contributed by atoms with Crippen LogP contribution in [0.3, 0.4) is 0 Å². The van der Waals surface area contributed by atoms with Gasteiger partial charge in [0.25, 0.3) is 0 Å². The number of rotatable bonds is 4. The minimum atomic E-state index is 0.0364. The number of amides is 2. The monoisotopic (exact) mass is 363 g/mol. The topological polar surface area (TPSA) is 62.1 Å². The summed E-state index contributed by atoms with van der Waals surface area (Å²) >= 11 is 1.60. The van der Waals surface area contributed by atoms with Crippen molar-refractivity contribution in [2.75, 3.05) is 39.4 Å². The fraction of sp³-hybridized carbons (Fsp3) is 0.647. The van der Waals surface area contributed by atoms with Crippen molar-refractivity contribution in [2.45, 2.75) is 31.8 Å². The Labute approximate surface area is 151 Å². The maximum absolute atomic E-state index is 12.7. The molecule has 2 aromatic heterocycles. The summed E-state index contributed by atoms with van der Waals surface area (Å²) in [5.41, 5.74) is 0.905. The van der Waals surface area contributed by atoms with Crippen LogP contribution in [0.25, 0.3) is 4.96 Å². The Hall–Kier alpha value is -1.64. The molecule has 0 aliphatic carbocycles. The van der Waals surface area contributed by atoms with Crippen molar-refractivity contribution in [3.63, 3.8) is 0 Å². The van der Waals surface area contributed by atoms with Gasteiger partial charge < -0.3 is 15.0 Å². The molecule has 2 saturated heterocycles. The van der Waals surface area contributed by atoms with Gasteiger partial charge in [0.2, 0.25) is 0 Å². The number of urea groups is 1. The number of fused-ring (bicyclic) bond motifs is 1. The van der Waals surface area contributed by atoms with Gasteiger partial charge in [0.05, 0.1) is 25.5 Å². The largest absolute Gasteiger partial charge is 0.379 e. The number of piperidine rings is 1. The molecular formula is C17H25N5O2S. The third-order valence-electron chi connectivity index (χ3n) is 5.02. The molecule has 2 aliphatic rings. The number of morpholine rings is 1. The molecule has 0 bridgehead atoms. The highest BCUT2D eigenvalue weighted by Gasteiger charge is 2.28. The molecule has 1 atom stereocenters. The van der Waals surface area contributed by atoms with Gasteiger partial charge in [-0.05, 0) is 19.3 Å². The summed E-state index contributed by atoms with van der Waals surface area (Å²) < 4.78 is 7.42. The lowest BCUT2D eigenvalue weighted by Crippen LogP contribution is -2.53. The summed E-state index contributed by atoms with van der Waals surface area (Å²) in [6.45, 7) is 5.82. The first-order valence-corrected chi connectivity index (χ1v) is 9.93. The van der Waals surface area contributed by atoms with Crippen LogP contribution in [0.1, 0.15) is 25.0 Å². The van der Waals surface area contributed by atoms with Gasteiger partial charge in [0, 0.05) is 50.0 Å². The summed E-state index contributed by atoms with van der Waals surface area (Å²) in [6.07, 6.45) is 7.35. The average molecular weight is 363 g/mol. The molecule has 2 aromatic rings. The Kier molecular flexibility index (Phi) is 5.19. The van der Waals surface area contributed by atoms with Crippen LogP contribution in [0.4, 0.5) is 4.79 Å². The lowest BCUT2D eigenvalue weighted by atomic mass is 10.0. The van der Waals surface area contributed by atoms with E-state index in [0.29, 0.717) is 12.6 Å². The summed E-state index contributed by atoms with van der Waals surface area (Å²) in [4.78, 5) is 22.7. The van der Waals surface area contributed by atoms with Gasteiger partial charge in [-0.2, -0.15) is 0 Å². The number of likely N-dealkylation sites (tertiary alicyclic amines) is 1. The van der Waals surface area contributed by atoms with Crippen molar-refractivity contribution in [1.82, 2.24) is 24.5 Å². The molecule has 8 heteroatoms. The third-order valence-corrected chi connectivity index (χ3v) is 5.80. The second-order valence-corrected chi connectivity index (χ2v) is 7.61. The normalized spacial score (nSPS) is 22.4. The second kappa shape index (κ2) is 7.72. The maximum atomic E-state index is 12.7. The standard InChI is InChI=1S/C17H25N5O2S/c23-16(18-11-14-12-21-7-10-25-17(21)19-14)22-4-2-1-3-15(22)13-20-5-8-24-9-6-20/h7,10,12,15H,1-6,8-9,11,13H2,(H,18,23). The average Bonchev–Trinajstić information content (AvgIpc) is 3.23. The van der Waals surface area contributed by atoms with Crippen molar-refractivity contribution in [3.8, 4) is 0 Å². The van der Waals surface area contributed by atoms with Gasteiger partial charge in [-0.25, -0.2) is 9.78 Å². The first kappa shape index (κ1) is 16.8. The van der Waals surface area contributed by atoms with Gasteiger partial charge in [-0.3, -0.25) is 9.30 Å². The maximum Gasteiger partial charge on any atom is 0.318 e. The number of thiazole rings is 1. The van der Waals surface area contributed by atoms with Crippen LogP contribution in [0.2, 0.25) is 0 Å². The Morgan fingerprint density at radius 1 is 1.32 bits per heavy atom. The van der Waals surface area contributed by atoms with E-state index >= 15 is 0 Å². The highest BCUT2D eigenvalue weighted by atomic mass is 32.1. The van der Waals surface area contributed by atoms with Gasteiger partial charge in [0.1, 0.15) is 0 Å². The lowest BCUT2D eigenvalue weighted by Gasteiger charge is -2.39. The molecule has 7 nitrogen and oxygen atoms in total. The van der Waals surface area contributed by atoms with Crippen LogP contribution < -0.4 is 5.32 Å². The summed E-state index contributed by atoms with van der Waals surface area (Å²) in [6, 6.07) is 0.339. The molecule has 0 spiro atoms. The quantitative estimate of drug-likeness (QED) is 0.900. The third kappa shape index (κ3) is 3.96. The van der Waals surface area contributed by atoms with Gasteiger partial charge >= 0.3 is 6.03 Å².